The number of aryl methyl sites for hydroxylation is 2. The predicted molar refractivity (Wildman–Crippen MR) is 143 cm³/mol. The van der Waals surface area contributed by atoms with E-state index in [-0.39, 0.29) is 12.5 Å². The molecule has 0 saturated carbocycles. The maximum atomic E-state index is 13.1. The molecule has 10 heteroatoms. The molecule has 0 radical (unpaired) electrons. The van der Waals surface area contributed by atoms with Gasteiger partial charge in [0.1, 0.15) is 0 Å². The van der Waals surface area contributed by atoms with Crippen molar-refractivity contribution in [3.63, 3.8) is 0 Å². The number of piperazine rings is 1. The Hall–Kier alpha value is -3.53. The zero-order valence-electron chi connectivity index (χ0n) is 21.5. The van der Waals surface area contributed by atoms with Crippen LogP contribution in [-0.4, -0.2) is 51.7 Å². The molecule has 6 nitrogen and oxygen atoms in total. The van der Waals surface area contributed by atoms with Crippen molar-refractivity contribution in [2.24, 2.45) is 0 Å². The first kappa shape index (κ1) is 27.5. The molecule has 1 aliphatic heterocycles. The summed E-state index contributed by atoms with van der Waals surface area (Å²) in [6.07, 6.45) is -3.23. The van der Waals surface area contributed by atoms with Gasteiger partial charge in [0.05, 0.1) is 24.1 Å². The monoisotopic (exact) mass is 545 g/mol. The van der Waals surface area contributed by atoms with Gasteiger partial charge >= 0.3 is 6.18 Å². The zero-order valence-corrected chi connectivity index (χ0v) is 22.3. The number of rotatable bonds is 6. The first-order chi connectivity index (χ1) is 17.8. The average molecular weight is 546 g/mol. The Kier molecular flexibility index (Phi) is 7.73. The van der Waals surface area contributed by atoms with Crippen molar-refractivity contribution in [3.8, 4) is 0 Å². The summed E-state index contributed by atoms with van der Waals surface area (Å²) in [5, 5.41) is 0. The van der Waals surface area contributed by atoms with Gasteiger partial charge < -0.3 is 9.80 Å². The van der Waals surface area contributed by atoms with Crippen LogP contribution in [0.15, 0.2) is 66.7 Å². The molecule has 1 fully saturated rings. The number of carbonyl (C=O) groups is 1. The van der Waals surface area contributed by atoms with Crippen LogP contribution < -0.4 is 9.21 Å². The van der Waals surface area contributed by atoms with Gasteiger partial charge in [-0.15, -0.1) is 0 Å². The summed E-state index contributed by atoms with van der Waals surface area (Å²) in [5.74, 6) is -0.172. The molecule has 0 aliphatic carbocycles. The van der Waals surface area contributed by atoms with Gasteiger partial charge in [-0.3, -0.25) is 9.10 Å². The maximum Gasteiger partial charge on any atom is 0.416 e. The van der Waals surface area contributed by atoms with Gasteiger partial charge in [0.15, 0.2) is 0 Å². The number of hydrogen-bond acceptors (Lipinski definition) is 4. The van der Waals surface area contributed by atoms with E-state index in [0.717, 1.165) is 28.8 Å². The van der Waals surface area contributed by atoms with Crippen molar-refractivity contribution in [3.05, 3.63) is 94.5 Å². The van der Waals surface area contributed by atoms with E-state index in [0.29, 0.717) is 43.1 Å². The molecule has 0 unspecified atom stereocenters. The Bertz CT molecular complexity index is 1420. The number of alkyl halides is 3. The molecule has 3 aromatic rings. The first-order valence-corrected chi connectivity index (χ1v) is 14.0. The van der Waals surface area contributed by atoms with E-state index in [4.69, 9.17) is 0 Å². The van der Waals surface area contributed by atoms with Crippen LogP contribution in [0.1, 0.15) is 32.6 Å². The number of hydrogen-bond donors (Lipinski definition) is 0. The van der Waals surface area contributed by atoms with Crippen LogP contribution in [0.5, 0.6) is 0 Å². The molecule has 0 aromatic heterocycles. The molecule has 1 saturated heterocycles. The Morgan fingerprint density at radius 3 is 2.18 bits per heavy atom. The molecule has 1 heterocycles. The van der Waals surface area contributed by atoms with Crippen LogP contribution in [0.2, 0.25) is 0 Å². The third-order valence-electron chi connectivity index (χ3n) is 6.67. The van der Waals surface area contributed by atoms with Gasteiger partial charge in [0.25, 0.3) is 5.91 Å². The van der Waals surface area contributed by atoms with E-state index in [1.807, 2.05) is 36.9 Å². The Morgan fingerprint density at radius 1 is 0.921 bits per heavy atom. The number of sulfonamides is 1. The molecule has 1 amide bonds. The molecule has 202 valence electrons. The van der Waals surface area contributed by atoms with E-state index < -0.39 is 21.8 Å². The maximum absolute atomic E-state index is 13.1. The quantitative estimate of drug-likeness (QED) is 0.425. The van der Waals surface area contributed by atoms with E-state index in [1.165, 1.54) is 16.6 Å². The number of nitrogens with zero attached hydrogens (tertiary/aromatic N) is 3. The van der Waals surface area contributed by atoms with E-state index in [9.17, 15) is 26.4 Å². The highest BCUT2D eigenvalue weighted by Crippen LogP contribution is 2.32. The van der Waals surface area contributed by atoms with Crippen molar-refractivity contribution >= 4 is 27.3 Å². The van der Waals surface area contributed by atoms with Crippen LogP contribution in [0.4, 0.5) is 24.5 Å². The summed E-state index contributed by atoms with van der Waals surface area (Å²) in [6, 6.07) is 17.7. The number of anilines is 2. The number of amides is 1. The van der Waals surface area contributed by atoms with Crippen molar-refractivity contribution in [1.82, 2.24) is 4.90 Å². The standard InChI is InChI=1S/C28H30F3N3O3S/c1-20-7-8-21(2)26(17-20)34(38(3,36)37)19-22-9-11-23(12-10-22)27(35)33-15-13-32(14-16-33)25-6-4-5-24(18-25)28(29,30)31/h4-12,17-18H,13-16,19H2,1-3H3. The van der Waals surface area contributed by atoms with Crippen LogP contribution in [0.3, 0.4) is 0 Å². The third-order valence-corrected chi connectivity index (χ3v) is 7.79. The van der Waals surface area contributed by atoms with Gasteiger partial charge in [-0.2, -0.15) is 13.2 Å². The van der Waals surface area contributed by atoms with E-state index >= 15 is 0 Å². The fraction of sp³-hybridized carbons (Fsp3) is 0.321. The number of halogens is 3. The van der Waals surface area contributed by atoms with Gasteiger partial charge in [0, 0.05) is 37.4 Å². The number of benzene rings is 3. The van der Waals surface area contributed by atoms with Crippen LogP contribution in [-0.2, 0) is 22.7 Å². The fourth-order valence-electron chi connectivity index (χ4n) is 4.52. The van der Waals surface area contributed by atoms with Crippen molar-refractivity contribution in [1.29, 1.82) is 0 Å². The Labute approximate surface area is 221 Å². The molecule has 38 heavy (non-hydrogen) atoms. The summed E-state index contributed by atoms with van der Waals surface area (Å²) in [4.78, 5) is 16.6. The van der Waals surface area contributed by atoms with Gasteiger partial charge in [-0.25, -0.2) is 8.42 Å². The van der Waals surface area contributed by atoms with Crippen LogP contribution >= 0.6 is 0 Å². The lowest BCUT2D eigenvalue weighted by Gasteiger charge is -2.36. The molecule has 0 spiro atoms. The second-order valence-corrected chi connectivity index (χ2v) is 11.5. The summed E-state index contributed by atoms with van der Waals surface area (Å²) in [5.41, 5.74) is 3.41. The van der Waals surface area contributed by atoms with Crippen LogP contribution in [0, 0.1) is 13.8 Å². The van der Waals surface area contributed by atoms with Crippen molar-refractivity contribution in [2.45, 2.75) is 26.6 Å². The molecular weight excluding hydrogens is 515 g/mol. The third kappa shape index (κ3) is 6.30. The molecule has 0 bridgehead atoms. The Balaban J connectivity index is 1.42. The highest BCUT2D eigenvalue weighted by Gasteiger charge is 2.31. The van der Waals surface area contributed by atoms with Gasteiger partial charge in [-0.05, 0) is 66.9 Å². The molecule has 0 N–H and O–H groups in total. The second-order valence-electron chi connectivity index (χ2n) is 9.58. The topological polar surface area (TPSA) is 60.9 Å². The highest BCUT2D eigenvalue weighted by molar-refractivity contribution is 7.92. The average Bonchev–Trinajstić information content (AvgIpc) is 2.88. The molecule has 0 atom stereocenters. The minimum absolute atomic E-state index is 0.132. The molecular formula is C28H30F3N3O3S. The van der Waals surface area contributed by atoms with Crippen molar-refractivity contribution < 1.29 is 26.4 Å². The van der Waals surface area contributed by atoms with Gasteiger partial charge in [0.2, 0.25) is 10.0 Å². The summed E-state index contributed by atoms with van der Waals surface area (Å²) in [7, 11) is -3.55. The first-order valence-electron chi connectivity index (χ1n) is 12.2. The lowest BCUT2D eigenvalue weighted by Crippen LogP contribution is -2.48. The van der Waals surface area contributed by atoms with Crippen LogP contribution in [0.25, 0.3) is 0 Å². The predicted octanol–water partition coefficient (Wildman–Crippen LogP) is 5.25. The zero-order chi connectivity index (χ0) is 27.7. The molecule has 3 aromatic carbocycles. The summed E-state index contributed by atoms with van der Waals surface area (Å²) >= 11 is 0. The van der Waals surface area contributed by atoms with Crippen molar-refractivity contribution in [2.75, 3.05) is 41.6 Å². The van der Waals surface area contributed by atoms with E-state index in [2.05, 4.69) is 0 Å². The number of carbonyl (C=O) groups excluding carboxylic acids is 1. The summed E-state index contributed by atoms with van der Waals surface area (Å²) < 4.78 is 65.7. The SMILES string of the molecule is Cc1ccc(C)c(N(Cc2ccc(C(=O)N3CCN(c4cccc(C(F)(F)F)c4)CC3)cc2)S(C)(=O)=O)c1. The lowest BCUT2D eigenvalue weighted by molar-refractivity contribution is -0.137. The fourth-order valence-corrected chi connectivity index (χ4v) is 5.45. The largest absolute Gasteiger partial charge is 0.416 e. The minimum atomic E-state index is -4.41. The minimum Gasteiger partial charge on any atom is -0.368 e. The highest BCUT2D eigenvalue weighted by atomic mass is 32.2. The smallest absolute Gasteiger partial charge is 0.368 e. The van der Waals surface area contributed by atoms with E-state index in [1.54, 1.807) is 35.2 Å². The molecule has 1 aliphatic rings. The Morgan fingerprint density at radius 2 is 1.58 bits per heavy atom. The molecule has 4 rings (SSSR count). The van der Waals surface area contributed by atoms with Gasteiger partial charge in [-0.1, -0.05) is 30.3 Å². The lowest BCUT2D eigenvalue weighted by atomic mass is 10.1. The summed E-state index contributed by atoms with van der Waals surface area (Å²) in [6.45, 7) is 5.50. The normalized spacial score (nSPS) is 14.5. The second kappa shape index (κ2) is 10.7.